The molecule has 2 N–H and O–H groups in total. The molecule has 0 bridgehead atoms. The van der Waals surface area contributed by atoms with E-state index in [1.165, 1.54) is 35.5 Å². The molecule has 2 aromatic carbocycles. The van der Waals surface area contributed by atoms with E-state index in [-0.39, 0.29) is 11.7 Å². The Morgan fingerprint density at radius 1 is 1.07 bits per heavy atom. The van der Waals surface area contributed by atoms with Crippen LogP contribution in [0.2, 0.25) is 0 Å². The van der Waals surface area contributed by atoms with Crippen LogP contribution in [-0.2, 0) is 12.8 Å². The van der Waals surface area contributed by atoms with Crippen LogP contribution in [0.4, 0.5) is 10.1 Å². The van der Waals surface area contributed by atoms with Crippen LogP contribution in [0.1, 0.15) is 42.4 Å². The number of halogens is 1. The predicted molar refractivity (Wildman–Crippen MR) is 114 cm³/mol. The number of hydrogen-bond donors (Lipinski definition) is 2. The predicted octanol–water partition coefficient (Wildman–Crippen LogP) is 5.01. The summed E-state index contributed by atoms with van der Waals surface area (Å²) in [4.78, 5) is 18.4. The number of likely N-dealkylation sites (N-methyl/N-ethyl adjacent to an activating group) is 1. The van der Waals surface area contributed by atoms with Crippen molar-refractivity contribution in [1.29, 1.82) is 0 Å². The number of benzene rings is 2. The van der Waals surface area contributed by atoms with Crippen molar-refractivity contribution in [2.75, 3.05) is 25.0 Å². The van der Waals surface area contributed by atoms with Gasteiger partial charge >= 0.3 is 0 Å². The number of nitrogens with one attached hydrogen (secondary N) is 2. The molecule has 0 radical (unpaired) electrons. The largest absolute Gasteiger partial charge is 0.358 e. The molecule has 0 saturated carbocycles. The molecule has 3 rings (SSSR count). The first kappa shape index (κ1) is 20.1. The molecule has 0 aliphatic heterocycles. The minimum atomic E-state index is -0.352. The molecule has 0 atom stereocenters. The number of hydrogen-bond acceptors (Lipinski definition) is 2. The Bertz CT molecular complexity index is 942. The first-order valence-electron chi connectivity index (χ1n) is 9.98. The highest BCUT2D eigenvalue weighted by Crippen LogP contribution is 2.27. The van der Waals surface area contributed by atoms with Gasteiger partial charge in [0.2, 0.25) is 0 Å². The molecule has 0 unspecified atom stereocenters. The maximum absolute atomic E-state index is 13.1. The third-order valence-electron chi connectivity index (χ3n) is 5.28. The number of anilines is 1. The molecule has 1 amide bonds. The van der Waals surface area contributed by atoms with Gasteiger partial charge in [0.15, 0.2) is 0 Å². The van der Waals surface area contributed by atoms with Crippen molar-refractivity contribution in [3.63, 3.8) is 0 Å². The molecule has 0 aliphatic carbocycles. The Balaban J connectivity index is 1.85. The molecule has 1 aromatic heterocycles. The van der Waals surface area contributed by atoms with Gasteiger partial charge in [0.1, 0.15) is 5.82 Å². The van der Waals surface area contributed by atoms with Crippen LogP contribution in [0, 0.1) is 5.82 Å². The second-order valence-corrected chi connectivity index (χ2v) is 6.93. The monoisotopic (exact) mass is 381 g/mol. The number of H-pyrrole nitrogens is 1. The Hall–Kier alpha value is -2.66. The van der Waals surface area contributed by atoms with Gasteiger partial charge in [-0.25, -0.2) is 4.39 Å². The summed E-state index contributed by atoms with van der Waals surface area (Å²) >= 11 is 0. The second-order valence-electron chi connectivity index (χ2n) is 6.93. The molecular weight excluding hydrogens is 353 g/mol. The summed E-state index contributed by atoms with van der Waals surface area (Å²) in [7, 11) is 0. The fraction of sp³-hybridized carbons (Fsp3) is 0.348. The van der Waals surface area contributed by atoms with Gasteiger partial charge < -0.3 is 15.2 Å². The highest BCUT2D eigenvalue weighted by molar-refractivity contribution is 6.05. The molecule has 3 aromatic rings. The van der Waals surface area contributed by atoms with Crippen LogP contribution < -0.4 is 5.32 Å². The van der Waals surface area contributed by atoms with E-state index in [9.17, 15) is 9.18 Å². The van der Waals surface area contributed by atoms with E-state index in [0.29, 0.717) is 5.56 Å². The van der Waals surface area contributed by atoms with Gasteiger partial charge in [0, 0.05) is 34.4 Å². The second kappa shape index (κ2) is 9.02. The van der Waals surface area contributed by atoms with Gasteiger partial charge in [-0.1, -0.05) is 20.8 Å². The minimum Gasteiger partial charge on any atom is -0.358 e. The standard InChI is InChI=1S/C23H28FN3O/c1-4-21-19(13-14-27(5-2)6-3)20-15-18(11-12-22(20)26-21)25-23(28)16-7-9-17(24)10-8-16/h7-12,15,26H,4-6,13-14H2,1-3H3,(H,25,28). The molecule has 0 spiro atoms. The fourth-order valence-electron chi connectivity index (χ4n) is 3.58. The zero-order valence-corrected chi connectivity index (χ0v) is 16.8. The molecule has 148 valence electrons. The van der Waals surface area contributed by atoms with Crippen molar-refractivity contribution in [3.8, 4) is 0 Å². The summed E-state index contributed by atoms with van der Waals surface area (Å²) in [6, 6.07) is 11.5. The summed E-state index contributed by atoms with van der Waals surface area (Å²) in [5.74, 6) is -0.592. The highest BCUT2D eigenvalue weighted by atomic mass is 19.1. The average molecular weight is 381 g/mol. The van der Waals surface area contributed by atoms with E-state index in [0.717, 1.165) is 49.1 Å². The molecule has 5 heteroatoms. The van der Waals surface area contributed by atoms with Crippen molar-refractivity contribution in [2.45, 2.75) is 33.6 Å². The van der Waals surface area contributed by atoms with Gasteiger partial charge in [-0.2, -0.15) is 0 Å². The van der Waals surface area contributed by atoms with Crippen molar-refractivity contribution < 1.29 is 9.18 Å². The van der Waals surface area contributed by atoms with E-state index in [1.54, 1.807) is 0 Å². The highest BCUT2D eigenvalue weighted by Gasteiger charge is 2.13. The summed E-state index contributed by atoms with van der Waals surface area (Å²) < 4.78 is 13.1. The topological polar surface area (TPSA) is 48.1 Å². The molecule has 1 heterocycles. The van der Waals surface area contributed by atoms with E-state index in [4.69, 9.17) is 0 Å². The lowest BCUT2D eigenvalue weighted by atomic mass is 10.0. The number of amides is 1. The van der Waals surface area contributed by atoms with Crippen LogP contribution >= 0.6 is 0 Å². The van der Waals surface area contributed by atoms with E-state index in [2.05, 4.69) is 36.0 Å². The zero-order chi connectivity index (χ0) is 20.1. The van der Waals surface area contributed by atoms with Crippen LogP contribution in [0.3, 0.4) is 0 Å². The number of nitrogens with zero attached hydrogens (tertiary/aromatic N) is 1. The van der Waals surface area contributed by atoms with Crippen LogP contribution in [0.5, 0.6) is 0 Å². The molecular formula is C23H28FN3O. The third kappa shape index (κ3) is 4.42. The normalized spacial score (nSPS) is 11.3. The molecule has 4 nitrogen and oxygen atoms in total. The Morgan fingerprint density at radius 2 is 1.79 bits per heavy atom. The van der Waals surface area contributed by atoms with E-state index < -0.39 is 0 Å². The SMILES string of the molecule is CCc1[nH]c2ccc(NC(=O)c3ccc(F)cc3)cc2c1CCN(CC)CC. The molecule has 28 heavy (non-hydrogen) atoms. The minimum absolute atomic E-state index is 0.240. The number of aryl methyl sites for hydroxylation is 1. The first-order valence-corrected chi connectivity index (χ1v) is 9.98. The number of fused-ring (bicyclic) bond motifs is 1. The average Bonchev–Trinajstić information content (AvgIpc) is 3.06. The quantitative estimate of drug-likeness (QED) is 0.576. The zero-order valence-electron chi connectivity index (χ0n) is 16.8. The number of aromatic nitrogens is 1. The Morgan fingerprint density at radius 3 is 2.43 bits per heavy atom. The maximum Gasteiger partial charge on any atom is 0.255 e. The Kier molecular flexibility index (Phi) is 6.47. The van der Waals surface area contributed by atoms with Crippen molar-refractivity contribution >= 4 is 22.5 Å². The summed E-state index contributed by atoms with van der Waals surface area (Å²) in [5.41, 5.74) is 4.84. The lowest BCUT2D eigenvalue weighted by Crippen LogP contribution is -2.25. The van der Waals surface area contributed by atoms with Crippen molar-refractivity contribution in [3.05, 3.63) is 65.1 Å². The summed E-state index contributed by atoms with van der Waals surface area (Å²) in [5, 5.41) is 4.08. The summed E-state index contributed by atoms with van der Waals surface area (Å²) in [6.07, 6.45) is 1.92. The fourth-order valence-corrected chi connectivity index (χ4v) is 3.58. The van der Waals surface area contributed by atoms with Gasteiger partial charge in [0.05, 0.1) is 0 Å². The van der Waals surface area contributed by atoms with Crippen LogP contribution in [0.25, 0.3) is 10.9 Å². The van der Waals surface area contributed by atoms with Gasteiger partial charge in [-0.05, 0) is 74.0 Å². The molecule has 0 fully saturated rings. The maximum atomic E-state index is 13.1. The van der Waals surface area contributed by atoms with E-state index in [1.807, 2.05) is 18.2 Å². The van der Waals surface area contributed by atoms with Crippen LogP contribution in [-0.4, -0.2) is 35.4 Å². The van der Waals surface area contributed by atoms with Gasteiger partial charge in [-0.3, -0.25) is 4.79 Å². The molecule has 0 saturated heterocycles. The van der Waals surface area contributed by atoms with E-state index >= 15 is 0 Å². The van der Waals surface area contributed by atoms with Crippen molar-refractivity contribution in [2.24, 2.45) is 0 Å². The summed E-state index contributed by atoms with van der Waals surface area (Å²) in [6.45, 7) is 9.62. The van der Waals surface area contributed by atoms with Gasteiger partial charge in [0.25, 0.3) is 5.91 Å². The number of carbonyl (C=O) groups excluding carboxylic acids is 1. The number of carbonyl (C=O) groups is 1. The first-order chi connectivity index (χ1) is 13.5. The number of aromatic amines is 1. The lowest BCUT2D eigenvalue weighted by molar-refractivity contribution is 0.102. The molecule has 0 aliphatic rings. The smallest absolute Gasteiger partial charge is 0.255 e. The van der Waals surface area contributed by atoms with Gasteiger partial charge in [-0.15, -0.1) is 0 Å². The third-order valence-corrected chi connectivity index (χ3v) is 5.28. The lowest BCUT2D eigenvalue weighted by Gasteiger charge is -2.18. The van der Waals surface area contributed by atoms with Crippen LogP contribution in [0.15, 0.2) is 42.5 Å². The Labute approximate surface area is 165 Å². The van der Waals surface area contributed by atoms with Crippen molar-refractivity contribution in [1.82, 2.24) is 9.88 Å². The number of rotatable bonds is 8.